The molecule has 0 heterocycles. The summed E-state index contributed by atoms with van der Waals surface area (Å²) in [5, 5.41) is 0. The summed E-state index contributed by atoms with van der Waals surface area (Å²) in [6.07, 6.45) is -3.73. The molecule has 0 N–H and O–H groups in total. The summed E-state index contributed by atoms with van der Waals surface area (Å²) in [7, 11) is 0. The molecule has 8 heteroatoms. The summed E-state index contributed by atoms with van der Waals surface area (Å²) in [5.74, 6) is -5.51. The number of aryl methyl sites for hydroxylation is 1. The van der Waals surface area contributed by atoms with Crippen molar-refractivity contribution < 1.29 is 35.9 Å². The first-order valence-corrected chi connectivity index (χ1v) is 10.8. The van der Waals surface area contributed by atoms with Gasteiger partial charge in [0.1, 0.15) is 29.1 Å². The van der Waals surface area contributed by atoms with E-state index in [0.717, 1.165) is 30.5 Å². The van der Waals surface area contributed by atoms with Gasteiger partial charge in [-0.15, -0.1) is 0 Å². The van der Waals surface area contributed by atoms with Crippen molar-refractivity contribution in [1.29, 1.82) is 0 Å². The lowest BCUT2D eigenvalue weighted by molar-refractivity contribution is -0.0821. The highest BCUT2D eigenvalue weighted by Crippen LogP contribution is 2.35. The molecule has 1 saturated carbocycles. The summed E-state index contributed by atoms with van der Waals surface area (Å²) in [4.78, 5) is 12.4. The molecule has 2 aromatic carbocycles. The van der Waals surface area contributed by atoms with Crippen molar-refractivity contribution >= 4 is 5.97 Å². The van der Waals surface area contributed by atoms with Crippen LogP contribution in [0.4, 0.5) is 26.3 Å². The van der Waals surface area contributed by atoms with Crippen molar-refractivity contribution in [3.8, 4) is 11.1 Å². The molecule has 3 rings (SSSR count). The first-order chi connectivity index (χ1) is 15.6. The molecule has 1 fully saturated rings. The molecule has 2 nitrogen and oxygen atoms in total. The number of rotatable bonds is 6. The highest BCUT2D eigenvalue weighted by Gasteiger charge is 2.32. The Morgan fingerprint density at radius 2 is 1.58 bits per heavy atom. The zero-order valence-corrected chi connectivity index (χ0v) is 18.0. The van der Waals surface area contributed by atoms with Crippen LogP contribution < -0.4 is 0 Å². The van der Waals surface area contributed by atoms with E-state index in [2.05, 4.69) is 0 Å². The highest BCUT2D eigenvalue weighted by atomic mass is 19.4. The van der Waals surface area contributed by atoms with Crippen molar-refractivity contribution in [3.05, 3.63) is 71.1 Å². The number of benzene rings is 2. The minimum atomic E-state index is -4.74. The number of carbonyl (C=O) groups is 1. The van der Waals surface area contributed by atoms with Gasteiger partial charge in [0, 0.05) is 5.92 Å². The molecule has 0 atom stereocenters. The van der Waals surface area contributed by atoms with E-state index in [0.29, 0.717) is 5.56 Å². The van der Waals surface area contributed by atoms with Gasteiger partial charge in [0.05, 0.1) is 6.08 Å². The number of hydrogen-bond donors (Lipinski definition) is 0. The van der Waals surface area contributed by atoms with Crippen LogP contribution in [0.5, 0.6) is 0 Å². The summed E-state index contributed by atoms with van der Waals surface area (Å²) in [6.45, 7) is 2.05. The van der Waals surface area contributed by atoms with Gasteiger partial charge in [0.25, 0.3) is 0 Å². The molecule has 1 aliphatic carbocycles. The fourth-order valence-electron chi connectivity index (χ4n) is 4.03. The lowest BCUT2D eigenvalue weighted by atomic mass is 9.86. The van der Waals surface area contributed by atoms with E-state index in [4.69, 9.17) is 4.74 Å². The van der Waals surface area contributed by atoms with Gasteiger partial charge in [-0.05, 0) is 60.9 Å². The van der Waals surface area contributed by atoms with E-state index < -0.39 is 47.2 Å². The van der Waals surface area contributed by atoms with Gasteiger partial charge in [-0.25, -0.2) is 18.0 Å². The zero-order valence-electron chi connectivity index (χ0n) is 18.0. The Morgan fingerprint density at radius 1 is 1.00 bits per heavy atom. The van der Waals surface area contributed by atoms with Gasteiger partial charge in [0.2, 0.25) is 0 Å². The van der Waals surface area contributed by atoms with Gasteiger partial charge in [-0.1, -0.05) is 37.6 Å². The van der Waals surface area contributed by atoms with Gasteiger partial charge in [0.15, 0.2) is 0 Å². The van der Waals surface area contributed by atoms with Crippen LogP contribution in [0.1, 0.15) is 54.9 Å². The Bertz CT molecular complexity index is 980. The number of allylic oxidation sites excluding steroid dienone is 2. The number of esters is 1. The van der Waals surface area contributed by atoms with E-state index in [-0.39, 0.29) is 37.3 Å². The topological polar surface area (TPSA) is 26.3 Å². The normalized spacial score (nSPS) is 19.4. The first kappa shape index (κ1) is 24.9. The Kier molecular flexibility index (Phi) is 7.87. The average molecular weight is 470 g/mol. The second kappa shape index (κ2) is 10.4. The third-order valence-corrected chi connectivity index (χ3v) is 5.71. The number of carbonyl (C=O) groups excluding carboxylic acids is 1. The van der Waals surface area contributed by atoms with Crippen molar-refractivity contribution in [2.45, 2.75) is 57.7 Å². The average Bonchev–Trinajstić information content (AvgIpc) is 2.73. The van der Waals surface area contributed by atoms with Gasteiger partial charge < -0.3 is 4.74 Å². The third kappa shape index (κ3) is 6.62. The van der Waals surface area contributed by atoms with Gasteiger partial charge in [-0.2, -0.15) is 13.2 Å². The molecule has 0 aliphatic heterocycles. The number of hydrogen-bond acceptors (Lipinski definition) is 2. The molecular weight excluding hydrogens is 446 g/mol. The summed E-state index contributed by atoms with van der Waals surface area (Å²) in [5.41, 5.74) is 1.15. The van der Waals surface area contributed by atoms with Crippen LogP contribution in [0.15, 0.2) is 48.3 Å². The second-order valence-electron chi connectivity index (χ2n) is 8.21. The maximum Gasteiger partial charge on any atom is 0.412 e. The van der Waals surface area contributed by atoms with Crippen LogP contribution in [0.2, 0.25) is 0 Å². The maximum absolute atomic E-state index is 14.6. The van der Waals surface area contributed by atoms with E-state index in [9.17, 15) is 31.1 Å². The van der Waals surface area contributed by atoms with Gasteiger partial charge >= 0.3 is 12.1 Å². The Labute approximate surface area is 188 Å². The minimum absolute atomic E-state index is 0.0360. The lowest BCUT2D eigenvalue weighted by Crippen LogP contribution is -2.26. The van der Waals surface area contributed by atoms with Crippen LogP contribution in [-0.2, 0) is 11.2 Å². The van der Waals surface area contributed by atoms with Crippen molar-refractivity contribution in [1.82, 2.24) is 0 Å². The summed E-state index contributed by atoms with van der Waals surface area (Å²) in [6, 6.07) is 9.37. The van der Waals surface area contributed by atoms with Gasteiger partial charge in [-0.3, -0.25) is 0 Å². The fourth-order valence-corrected chi connectivity index (χ4v) is 4.03. The largest absolute Gasteiger partial charge is 0.459 e. The standard InChI is InChI=1S/C25H24F6O2/c1-2-3-15-4-6-16(7-5-15)18-12-20(26)23(21(27)13-18)24(32)33-19-10-8-17(9-11-19)22(28)14-25(29,30)31/h4-7,12-14,17,19H,2-3,8-11H2,1H3. The molecule has 2 aromatic rings. The monoisotopic (exact) mass is 470 g/mol. The van der Waals surface area contributed by atoms with Crippen molar-refractivity contribution in [2.75, 3.05) is 0 Å². The molecule has 0 saturated heterocycles. The Balaban J connectivity index is 1.65. The molecule has 1 aliphatic rings. The molecule has 0 bridgehead atoms. The van der Waals surface area contributed by atoms with Crippen LogP contribution in [0.25, 0.3) is 11.1 Å². The van der Waals surface area contributed by atoms with E-state index in [1.54, 1.807) is 12.1 Å². The fraction of sp³-hybridized carbons (Fsp3) is 0.400. The molecule has 0 radical (unpaired) electrons. The number of alkyl halides is 3. The van der Waals surface area contributed by atoms with E-state index in [1.165, 1.54) is 0 Å². The first-order valence-electron chi connectivity index (χ1n) is 10.8. The predicted octanol–water partition coefficient (Wildman–Crippen LogP) is 7.72. The predicted molar refractivity (Wildman–Crippen MR) is 112 cm³/mol. The van der Waals surface area contributed by atoms with Crippen LogP contribution in [0, 0.1) is 17.6 Å². The lowest BCUT2D eigenvalue weighted by Gasteiger charge is -2.27. The number of halogens is 6. The molecule has 178 valence electrons. The van der Waals surface area contributed by atoms with Crippen LogP contribution >= 0.6 is 0 Å². The summed E-state index contributed by atoms with van der Waals surface area (Å²) >= 11 is 0. The second-order valence-corrected chi connectivity index (χ2v) is 8.21. The SMILES string of the molecule is CCCc1ccc(-c2cc(F)c(C(=O)OC3CCC(C(F)=CC(F)(F)F)CC3)c(F)c2)cc1. The molecule has 0 spiro atoms. The zero-order chi connectivity index (χ0) is 24.2. The highest BCUT2D eigenvalue weighted by molar-refractivity contribution is 5.91. The third-order valence-electron chi connectivity index (χ3n) is 5.71. The quantitative estimate of drug-likeness (QED) is 0.319. The van der Waals surface area contributed by atoms with Crippen molar-refractivity contribution in [2.24, 2.45) is 5.92 Å². The Hall–Kier alpha value is -2.77. The summed E-state index contributed by atoms with van der Waals surface area (Å²) < 4.78 is 85.0. The van der Waals surface area contributed by atoms with E-state index in [1.807, 2.05) is 19.1 Å². The molecule has 0 amide bonds. The number of ether oxygens (including phenoxy) is 1. The molecule has 0 unspecified atom stereocenters. The molecule has 0 aromatic heterocycles. The van der Waals surface area contributed by atoms with Crippen LogP contribution in [0.3, 0.4) is 0 Å². The molecule has 33 heavy (non-hydrogen) atoms. The van der Waals surface area contributed by atoms with Crippen LogP contribution in [-0.4, -0.2) is 18.2 Å². The van der Waals surface area contributed by atoms with E-state index >= 15 is 0 Å². The Morgan fingerprint density at radius 3 is 2.09 bits per heavy atom. The van der Waals surface area contributed by atoms with Crippen molar-refractivity contribution in [3.63, 3.8) is 0 Å². The molecular formula is C25H24F6O2. The smallest absolute Gasteiger partial charge is 0.412 e. The maximum atomic E-state index is 14.6. The minimum Gasteiger partial charge on any atom is -0.459 e.